The van der Waals surface area contributed by atoms with E-state index in [0.29, 0.717) is 24.3 Å². The minimum atomic E-state index is -0.311. The molecule has 0 unspecified atom stereocenters. The lowest BCUT2D eigenvalue weighted by atomic mass is 10.0. The molecule has 9 heteroatoms. The lowest BCUT2D eigenvalue weighted by Crippen LogP contribution is -2.23. The van der Waals surface area contributed by atoms with Crippen LogP contribution in [0.15, 0.2) is 52.9 Å². The zero-order valence-electron chi connectivity index (χ0n) is 16.1. The highest BCUT2D eigenvalue weighted by Crippen LogP contribution is 2.28. The highest BCUT2D eigenvalue weighted by atomic mass is 32.1. The average Bonchev–Trinajstić information content (AvgIpc) is 3.41. The summed E-state index contributed by atoms with van der Waals surface area (Å²) in [6.45, 7) is 2.50. The van der Waals surface area contributed by atoms with Crippen LogP contribution in [0.2, 0.25) is 0 Å². The van der Waals surface area contributed by atoms with Gasteiger partial charge in [-0.05, 0) is 42.0 Å². The Balaban J connectivity index is 1.64. The highest BCUT2D eigenvalue weighted by molar-refractivity contribution is 7.09. The molecule has 1 aromatic carbocycles. The Morgan fingerprint density at radius 2 is 1.93 bits per heavy atom. The van der Waals surface area contributed by atoms with Gasteiger partial charge in [-0.25, -0.2) is 9.37 Å². The minimum Gasteiger partial charge on any atom is -0.297 e. The highest BCUT2D eigenvalue weighted by Gasteiger charge is 2.19. The summed E-state index contributed by atoms with van der Waals surface area (Å²) < 4.78 is 16.5. The third-order valence-corrected chi connectivity index (χ3v) is 5.96. The molecule has 0 spiro atoms. The van der Waals surface area contributed by atoms with E-state index >= 15 is 0 Å². The molecule has 0 bridgehead atoms. The van der Waals surface area contributed by atoms with Crippen molar-refractivity contribution in [3.63, 3.8) is 0 Å². The van der Waals surface area contributed by atoms with E-state index in [4.69, 9.17) is 0 Å². The van der Waals surface area contributed by atoms with Crippen molar-refractivity contribution in [2.75, 3.05) is 0 Å². The number of hydrogen-bond donors (Lipinski definition) is 0. The number of fused-ring (bicyclic) bond motifs is 3. The van der Waals surface area contributed by atoms with Crippen molar-refractivity contribution in [3.8, 4) is 11.1 Å². The number of hydrogen-bond acceptors (Lipinski definition) is 6. The Bertz CT molecular complexity index is 1410. The molecule has 5 rings (SSSR count). The Labute approximate surface area is 174 Å². The zero-order valence-corrected chi connectivity index (χ0v) is 16.9. The molecule has 4 aromatic heterocycles. The molecule has 7 nitrogen and oxygen atoms in total. The van der Waals surface area contributed by atoms with Crippen molar-refractivity contribution in [2.24, 2.45) is 0 Å². The third kappa shape index (κ3) is 3.07. The molecule has 0 fully saturated rings. The maximum absolute atomic E-state index is 13.4. The van der Waals surface area contributed by atoms with E-state index in [0.717, 1.165) is 23.2 Å². The number of thiophene rings is 1. The van der Waals surface area contributed by atoms with Crippen molar-refractivity contribution in [2.45, 2.75) is 26.3 Å². The summed E-state index contributed by atoms with van der Waals surface area (Å²) in [5.74, 6) is -0.311. The van der Waals surface area contributed by atoms with Gasteiger partial charge < -0.3 is 0 Å². The van der Waals surface area contributed by atoms with Crippen LogP contribution in [-0.4, -0.2) is 29.4 Å². The van der Waals surface area contributed by atoms with Crippen molar-refractivity contribution < 1.29 is 4.39 Å². The van der Waals surface area contributed by atoms with Gasteiger partial charge in [-0.15, -0.1) is 21.5 Å². The van der Waals surface area contributed by atoms with Gasteiger partial charge in [-0.1, -0.05) is 25.1 Å². The first-order valence-electron chi connectivity index (χ1n) is 9.57. The quantitative estimate of drug-likeness (QED) is 0.435. The van der Waals surface area contributed by atoms with E-state index in [1.54, 1.807) is 32.6 Å². The first kappa shape index (κ1) is 18.6. The second-order valence-corrected chi connectivity index (χ2v) is 7.89. The third-order valence-electron chi connectivity index (χ3n) is 5.02. The van der Waals surface area contributed by atoms with Crippen LogP contribution in [0.25, 0.3) is 27.9 Å². The monoisotopic (exact) mass is 420 g/mol. The Morgan fingerprint density at radius 1 is 1.10 bits per heavy atom. The maximum Gasteiger partial charge on any atom is 0.283 e. The molecule has 0 aliphatic heterocycles. The van der Waals surface area contributed by atoms with Crippen molar-refractivity contribution in [1.82, 2.24) is 29.4 Å². The average molecular weight is 420 g/mol. The first-order chi connectivity index (χ1) is 14.7. The molecule has 30 heavy (non-hydrogen) atoms. The Kier molecular flexibility index (Phi) is 4.59. The number of halogens is 1. The van der Waals surface area contributed by atoms with Crippen LogP contribution in [0.4, 0.5) is 4.39 Å². The van der Waals surface area contributed by atoms with Crippen LogP contribution in [0, 0.1) is 5.82 Å². The summed E-state index contributed by atoms with van der Waals surface area (Å²) in [4.78, 5) is 18.6. The molecule has 0 aliphatic rings. The summed E-state index contributed by atoms with van der Waals surface area (Å²) in [6.07, 6.45) is 2.93. The van der Waals surface area contributed by atoms with Crippen LogP contribution in [-0.2, 0) is 19.4 Å². The van der Waals surface area contributed by atoms with E-state index in [2.05, 4.69) is 20.3 Å². The first-order valence-corrected chi connectivity index (χ1v) is 10.5. The summed E-state index contributed by atoms with van der Waals surface area (Å²) in [5, 5.41) is 15.1. The van der Waals surface area contributed by atoms with Gasteiger partial charge in [0.2, 0.25) is 0 Å². The van der Waals surface area contributed by atoms with Gasteiger partial charge in [-0.3, -0.25) is 9.36 Å². The molecule has 0 saturated carbocycles. The molecule has 0 saturated heterocycles. The SMILES string of the molecule is CCc1nn2c(nnc3c(=O)n(CCc4cccs4)cnc32)c1-c1ccc(F)cc1. The standard InChI is InChI=1S/C21H17FN6OS/c1-2-16-17(13-5-7-14(22)8-6-13)19-25-24-18-20(28(19)26-16)23-12-27(21(18)29)10-9-15-4-3-11-30-15/h3-8,11-12H,2,9-10H2,1H3. The van der Waals surface area contributed by atoms with Crippen molar-refractivity contribution in [1.29, 1.82) is 0 Å². The van der Waals surface area contributed by atoms with Crippen molar-refractivity contribution >= 4 is 28.1 Å². The fourth-order valence-corrected chi connectivity index (χ4v) is 4.21. The van der Waals surface area contributed by atoms with E-state index < -0.39 is 0 Å². The molecular formula is C21H17FN6OS. The molecule has 0 amide bonds. The van der Waals surface area contributed by atoms with E-state index in [1.165, 1.54) is 23.3 Å². The fourth-order valence-electron chi connectivity index (χ4n) is 3.51. The summed E-state index contributed by atoms with van der Waals surface area (Å²) in [7, 11) is 0. The van der Waals surface area contributed by atoms with E-state index in [-0.39, 0.29) is 16.9 Å². The lowest BCUT2D eigenvalue weighted by molar-refractivity contribution is 0.628. The zero-order chi connectivity index (χ0) is 20.7. The van der Waals surface area contributed by atoms with Crippen molar-refractivity contribution in [3.05, 3.63) is 74.8 Å². The topological polar surface area (TPSA) is 78.0 Å². The number of aromatic nitrogens is 6. The summed E-state index contributed by atoms with van der Waals surface area (Å²) >= 11 is 1.66. The number of nitrogens with zero attached hydrogens (tertiary/aromatic N) is 6. The predicted octanol–water partition coefficient (Wildman–Crippen LogP) is 3.51. The normalized spacial score (nSPS) is 11.5. The summed E-state index contributed by atoms with van der Waals surface area (Å²) in [6, 6.07) is 10.2. The molecule has 150 valence electrons. The van der Waals surface area contributed by atoms with Gasteiger partial charge in [0.25, 0.3) is 5.56 Å². The fraction of sp³-hybridized carbons (Fsp3) is 0.190. The lowest BCUT2D eigenvalue weighted by Gasteiger charge is -2.06. The maximum atomic E-state index is 13.4. The second kappa shape index (κ2) is 7.42. The summed E-state index contributed by atoms with van der Waals surface area (Å²) in [5.41, 5.74) is 3.13. The number of aryl methyl sites for hydroxylation is 3. The molecular weight excluding hydrogens is 403 g/mol. The van der Waals surface area contributed by atoms with Gasteiger partial charge in [0, 0.05) is 11.4 Å². The molecule has 0 atom stereocenters. The van der Waals surface area contributed by atoms with E-state index in [9.17, 15) is 9.18 Å². The van der Waals surface area contributed by atoms with Crippen LogP contribution in [0.5, 0.6) is 0 Å². The van der Waals surface area contributed by atoms with Gasteiger partial charge in [0.05, 0.1) is 11.3 Å². The predicted molar refractivity (Wildman–Crippen MR) is 113 cm³/mol. The molecule has 0 radical (unpaired) electrons. The second-order valence-electron chi connectivity index (χ2n) is 6.86. The Morgan fingerprint density at radius 3 is 2.67 bits per heavy atom. The van der Waals surface area contributed by atoms with Crippen LogP contribution in [0.3, 0.4) is 0 Å². The molecule has 4 heterocycles. The Hall–Kier alpha value is -3.46. The van der Waals surface area contributed by atoms with Gasteiger partial charge >= 0.3 is 0 Å². The van der Waals surface area contributed by atoms with Crippen LogP contribution < -0.4 is 5.56 Å². The largest absolute Gasteiger partial charge is 0.297 e. The smallest absolute Gasteiger partial charge is 0.283 e. The number of benzene rings is 1. The minimum absolute atomic E-state index is 0.173. The van der Waals surface area contributed by atoms with Crippen LogP contribution in [0.1, 0.15) is 17.5 Å². The van der Waals surface area contributed by atoms with E-state index in [1.807, 2.05) is 24.4 Å². The number of rotatable bonds is 5. The molecule has 0 aliphatic carbocycles. The molecule has 0 N–H and O–H groups in total. The van der Waals surface area contributed by atoms with Gasteiger partial charge in [-0.2, -0.15) is 9.61 Å². The van der Waals surface area contributed by atoms with Gasteiger partial charge in [0.1, 0.15) is 12.1 Å². The van der Waals surface area contributed by atoms with Gasteiger partial charge in [0.15, 0.2) is 16.8 Å². The molecule has 5 aromatic rings. The van der Waals surface area contributed by atoms with Crippen LogP contribution >= 0.6 is 11.3 Å².